The number of carbonyl (C=O) groups is 2. The molecule has 1 fully saturated rings. The number of aldehydes is 1. The molecule has 1 aliphatic rings. The molecule has 0 saturated carbocycles. The van der Waals surface area contributed by atoms with Crippen LogP contribution in [0, 0.1) is 11.7 Å². The second kappa shape index (κ2) is 7.49. The predicted octanol–water partition coefficient (Wildman–Crippen LogP) is 3.22. The maximum absolute atomic E-state index is 13.3. The molecule has 2 aromatic rings. The minimum atomic E-state index is -0.366. The van der Waals surface area contributed by atoms with E-state index in [2.05, 4.69) is 5.16 Å². The molecule has 126 valence electrons. The Labute approximate surface area is 138 Å². The highest BCUT2D eigenvalue weighted by Crippen LogP contribution is 2.22. The number of aromatic nitrogens is 1. The monoisotopic (exact) mass is 331 g/mol. The second-order valence-electron chi connectivity index (χ2n) is 5.98. The van der Waals surface area contributed by atoms with Crippen LogP contribution in [0.5, 0.6) is 0 Å². The average molecular weight is 331 g/mol. The Kier molecular flexibility index (Phi) is 5.15. The molecule has 0 amide bonds. The molecule has 0 aliphatic carbocycles. The number of carbonyl (C=O) groups excluding carboxylic acids is 2. The number of Topliss-reactive ketones (excluding diaryl/α,β-unsaturated/α-hetero) is 1. The summed E-state index contributed by atoms with van der Waals surface area (Å²) in [6.45, 7) is 1.41. The molecule has 0 N–H and O–H groups in total. The van der Waals surface area contributed by atoms with Crippen molar-refractivity contribution in [2.75, 3.05) is 13.2 Å². The Morgan fingerprint density at radius 3 is 3.00 bits per heavy atom. The molecule has 24 heavy (non-hydrogen) atoms. The lowest BCUT2D eigenvalue weighted by atomic mass is 9.98. The van der Waals surface area contributed by atoms with E-state index in [9.17, 15) is 14.0 Å². The largest absolute Gasteiger partial charge is 0.381 e. The van der Waals surface area contributed by atoms with Crippen LogP contribution in [0.4, 0.5) is 4.39 Å². The average Bonchev–Trinajstić information content (AvgIpc) is 3.22. The Balaban J connectivity index is 1.71. The van der Waals surface area contributed by atoms with Gasteiger partial charge < -0.3 is 9.26 Å². The van der Waals surface area contributed by atoms with Gasteiger partial charge in [0.15, 0.2) is 23.5 Å². The van der Waals surface area contributed by atoms with Crippen molar-refractivity contribution in [2.24, 2.45) is 5.92 Å². The Hall–Kier alpha value is -2.34. The van der Waals surface area contributed by atoms with E-state index in [1.807, 2.05) is 0 Å². The second-order valence-corrected chi connectivity index (χ2v) is 5.98. The van der Waals surface area contributed by atoms with Crippen molar-refractivity contribution in [2.45, 2.75) is 25.7 Å². The highest BCUT2D eigenvalue weighted by molar-refractivity contribution is 6.01. The zero-order valence-corrected chi connectivity index (χ0v) is 13.2. The molecule has 1 unspecified atom stereocenters. The van der Waals surface area contributed by atoms with Crippen molar-refractivity contribution in [3.8, 4) is 0 Å². The SMILES string of the molecule is O=Cc1c(C(=O)CCC2CCOC2)noc1Cc1cccc(F)c1. The third kappa shape index (κ3) is 3.76. The first-order valence-electron chi connectivity index (χ1n) is 7.96. The number of rotatable bonds is 7. The van der Waals surface area contributed by atoms with Gasteiger partial charge in [0, 0.05) is 26.1 Å². The Morgan fingerprint density at radius 2 is 2.29 bits per heavy atom. The number of ketones is 1. The Morgan fingerprint density at radius 1 is 1.42 bits per heavy atom. The molecule has 6 heteroatoms. The highest BCUT2D eigenvalue weighted by Gasteiger charge is 2.23. The van der Waals surface area contributed by atoms with E-state index in [4.69, 9.17) is 9.26 Å². The zero-order chi connectivity index (χ0) is 16.9. The lowest BCUT2D eigenvalue weighted by Gasteiger charge is -2.05. The van der Waals surface area contributed by atoms with Crippen molar-refractivity contribution >= 4 is 12.1 Å². The summed E-state index contributed by atoms with van der Waals surface area (Å²) in [6.07, 6.45) is 2.76. The first-order valence-corrected chi connectivity index (χ1v) is 7.96. The normalized spacial score (nSPS) is 17.1. The molecule has 0 spiro atoms. The molecule has 5 nitrogen and oxygen atoms in total. The summed E-state index contributed by atoms with van der Waals surface area (Å²) in [7, 11) is 0. The summed E-state index contributed by atoms with van der Waals surface area (Å²) in [6, 6.07) is 6.00. The van der Waals surface area contributed by atoms with Gasteiger partial charge >= 0.3 is 0 Å². The molecule has 1 aromatic carbocycles. The molecule has 0 radical (unpaired) electrons. The fraction of sp³-hybridized carbons (Fsp3) is 0.389. The number of nitrogens with zero attached hydrogens (tertiary/aromatic N) is 1. The topological polar surface area (TPSA) is 69.4 Å². The van der Waals surface area contributed by atoms with Gasteiger partial charge in [0.2, 0.25) is 0 Å². The molecular formula is C18H18FNO4. The van der Waals surface area contributed by atoms with E-state index in [0.29, 0.717) is 37.2 Å². The first-order chi connectivity index (χ1) is 11.7. The minimum absolute atomic E-state index is 0.0651. The summed E-state index contributed by atoms with van der Waals surface area (Å²) in [5, 5.41) is 3.77. The van der Waals surface area contributed by atoms with Crippen molar-refractivity contribution in [1.82, 2.24) is 5.16 Å². The molecule has 3 rings (SSSR count). The summed E-state index contributed by atoms with van der Waals surface area (Å²) < 4.78 is 23.7. The van der Waals surface area contributed by atoms with E-state index in [1.54, 1.807) is 12.1 Å². The van der Waals surface area contributed by atoms with Crippen molar-refractivity contribution in [1.29, 1.82) is 0 Å². The van der Waals surface area contributed by atoms with Crippen LogP contribution in [-0.2, 0) is 11.2 Å². The molecule has 1 aromatic heterocycles. The third-order valence-corrected chi connectivity index (χ3v) is 4.24. The molecular weight excluding hydrogens is 313 g/mol. The van der Waals surface area contributed by atoms with Gasteiger partial charge in [-0.2, -0.15) is 0 Å². The van der Waals surface area contributed by atoms with Crippen molar-refractivity contribution in [3.05, 3.63) is 52.7 Å². The quantitative estimate of drug-likeness (QED) is 0.575. The number of hydrogen-bond acceptors (Lipinski definition) is 5. The van der Waals surface area contributed by atoms with Gasteiger partial charge in [0.05, 0.1) is 5.56 Å². The van der Waals surface area contributed by atoms with Gasteiger partial charge in [-0.05, 0) is 36.5 Å². The van der Waals surface area contributed by atoms with Crippen LogP contribution in [0.15, 0.2) is 28.8 Å². The lowest BCUT2D eigenvalue weighted by Crippen LogP contribution is -2.08. The van der Waals surface area contributed by atoms with Crippen LogP contribution in [-0.4, -0.2) is 30.4 Å². The van der Waals surface area contributed by atoms with E-state index in [0.717, 1.165) is 13.0 Å². The zero-order valence-electron chi connectivity index (χ0n) is 13.2. The van der Waals surface area contributed by atoms with Crippen LogP contribution < -0.4 is 0 Å². The molecule has 1 saturated heterocycles. The fourth-order valence-corrected chi connectivity index (χ4v) is 2.88. The standard InChI is InChI=1S/C18H18FNO4/c19-14-3-1-2-13(8-14)9-17-15(10-21)18(20-24-17)16(22)5-4-12-6-7-23-11-12/h1-3,8,10,12H,4-7,9,11H2. The molecule has 0 bridgehead atoms. The van der Waals surface area contributed by atoms with E-state index in [-0.39, 0.29) is 35.0 Å². The van der Waals surface area contributed by atoms with Gasteiger partial charge in [-0.25, -0.2) is 4.39 Å². The highest BCUT2D eigenvalue weighted by atomic mass is 19.1. The summed E-state index contributed by atoms with van der Waals surface area (Å²) in [4.78, 5) is 23.7. The maximum atomic E-state index is 13.3. The number of halogens is 1. The smallest absolute Gasteiger partial charge is 0.185 e. The fourth-order valence-electron chi connectivity index (χ4n) is 2.88. The number of hydrogen-bond donors (Lipinski definition) is 0. The van der Waals surface area contributed by atoms with Crippen molar-refractivity contribution < 1.29 is 23.2 Å². The minimum Gasteiger partial charge on any atom is -0.381 e. The third-order valence-electron chi connectivity index (χ3n) is 4.24. The van der Waals surface area contributed by atoms with Gasteiger partial charge in [0.1, 0.15) is 5.82 Å². The lowest BCUT2D eigenvalue weighted by molar-refractivity contribution is 0.0957. The van der Waals surface area contributed by atoms with Crippen LogP contribution in [0.25, 0.3) is 0 Å². The molecule has 2 heterocycles. The predicted molar refractivity (Wildman–Crippen MR) is 83.6 cm³/mol. The van der Waals surface area contributed by atoms with Gasteiger partial charge in [0.25, 0.3) is 0 Å². The molecule has 1 aliphatic heterocycles. The van der Waals surface area contributed by atoms with E-state index in [1.165, 1.54) is 12.1 Å². The summed E-state index contributed by atoms with van der Waals surface area (Å²) in [5.74, 6) is 0.0865. The van der Waals surface area contributed by atoms with Gasteiger partial charge in [-0.1, -0.05) is 17.3 Å². The van der Waals surface area contributed by atoms with Gasteiger partial charge in [-0.3, -0.25) is 9.59 Å². The van der Waals surface area contributed by atoms with Gasteiger partial charge in [-0.15, -0.1) is 0 Å². The number of benzene rings is 1. The van der Waals surface area contributed by atoms with Crippen LogP contribution in [0.3, 0.4) is 0 Å². The van der Waals surface area contributed by atoms with Crippen LogP contribution >= 0.6 is 0 Å². The van der Waals surface area contributed by atoms with Crippen LogP contribution in [0.1, 0.15) is 51.4 Å². The first kappa shape index (κ1) is 16.5. The Bertz CT molecular complexity index is 734. The molecule has 1 atom stereocenters. The summed E-state index contributed by atoms with van der Waals surface area (Å²) in [5.41, 5.74) is 0.874. The maximum Gasteiger partial charge on any atom is 0.185 e. The summed E-state index contributed by atoms with van der Waals surface area (Å²) >= 11 is 0. The van der Waals surface area contributed by atoms with E-state index >= 15 is 0 Å². The van der Waals surface area contributed by atoms with E-state index < -0.39 is 0 Å². The van der Waals surface area contributed by atoms with Crippen molar-refractivity contribution in [3.63, 3.8) is 0 Å². The van der Waals surface area contributed by atoms with Crippen LogP contribution in [0.2, 0.25) is 0 Å². The number of ether oxygens (including phenoxy) is 1.